The minimum Gasteiger partial charge on any atom is -0.377 e. The average Bonchev–Trinajstić information content (AvgIpc) is 2.91. The van der Waals surface area contributed by atoms with Crippen molar-refractivity contribution in [2.45, 2.75) is 26.3 Å². The molecule has 0 fully saturated rings. The molecule has 1 aromatic heterocycles. The lowest BCUT2D eigenvalue weighted by molar-refractivity contribution is -0.384. The minimum atomic E-state index is -0.500. The van der Waals surface area contributed by atoms with Gasteiger partial charge in [-0.05, 0) is 32.0 Å². The molecule has 0 aliphatic rings. The Kier molecular flexibility index (Phi) is 4.95. The van der Waals surface area contributed by atoms with Crippen LogP contribution in [0.5, 0.6) is 0 Å². The zero-order chi connectivity index (χ0) is 17.0. The van der Waals surface area contributed by atoms with E-state index in [1.807, 2.05) is 19.9 Å². The number of hydrogen-bond donors (Lipinski definition) is 3. The summed E-state index contributed by atoms with van der Waals surface area (Å²) < 4.78 is 0. The predicted molar refractivity (Wildman–Crippen MR) is 86.6 cm³/mol. The molecule has 1 aromatic carbocycles. The number of carbonyl (C=O) groups is 1. The van der Waals surface area contributed by atoms with Gasteiger partial charge in [0.15, 0.2) is 0 Å². The molecule has 0 aliphatic heterocycles. The molecule has 2 aromatic rings. The predicted octanol–water partition coefficient (Wildman–Crippen LogP) is 2.03. The van der Waals surface area contributed by atoms with Crippen molar-refractivity contribution in [3.63, 3.8) is 0 Å². The lowest BCUT2D eigenvalue weighted by atomic mass is 10.1. The number of aromatic nitrogens is 2. The second-order valence-electron chi connectivity index (χ2n) is 5.36. The Morgan fingerprint density at radius 2 is 2.17 bits per heavy atom. The van der Waals surface area contributed by atoms with Gasteiger partial charge < -0.3 is 10.6 Å². The molecule has 1 amide bonds. The Hall–Kier alpha value is -2.90. The highest BCUT2D eigenvalue weighted by Crippen LogP contribution is 2.26. The molecule has 1 atom stereocenters. The number of aryl methyl sites for hydroxylation is 1. The number of anilines is 1. The highest BCUT2D eigenvalue weighted by molar-refractivity contribution is 5.95. The van der Waals surface area contributed by atoms with Crippen molar-refractivity contribution in [2.24, 2.45) is 0 Å². The maximum atomic E-state index is 11.6. The third kappa shape index (κ3) is 4.06. The summed E-state index contributed by atoms with van der Waals surface area (Å²) in [6.45, 7) is 3.83. The van der Waals surface area contributed by atoms with Gasteiger partial charge in [-0.25, -0.2) is 0 Å². The molecule has 0 bridgehead atoms. The van der Waals surface area contributed by atoms with Crippen molar-refractivity contribution in [2.75, 3.05) is 12.4 Å². The first-order valence-corrected chi connectivity index (χ1v) is 7.18. The van der Waals surface area contributed by atoms with E-state index in [1.165, 1.54) is 13.1 Å². The van der Waals surface area contributed by atoms with Crippen molar-refractivity contribution in [1.29, 1.82) is 0 Å². The Morgan fingerprint density at radius 3 is 2.74 bits per heavy atom. The van der Waals surface area contributed by atoms with Gasteiger partial charge in [0.1, 0.15) is 5.69 Å². The second kappa shape index (κ2) is 6.91. The van der Waals surface area contributed by atoms with Crippen LogP contribution in [0.25, 0.3) is 0 Å². The quantitative estimate of drug-likeness (QED) is 0.557. The number of hydrogen-bond acceptors (Lipinski definition) is 5. The molecule has 3 N–H and O–H groups in total. The molecule has 1 heterocycles. The van der Waals surface area contributed by atoms with Gasteiger partial charge in [0, 0.05) is 36.8 Å². The fourth-order valence-electron chi connectivity index (χ4n) is 2.30. The van der Waals surface area contributed by atoms with Crippen molar-refractivity contribution in [1.82, 2.24) is 15.5 Å². The van der Waals surface area contributed by atoms with Crippen molar-refractivity contribution < 1.29 is 9.72 Å². The molecular weight excluding hydrogens is 298 g/mol. The fourth-order valence-corrected chi connectivity index (χ4v) is 2.30. The normalized spacial score (nSPS) is 11.8. The van der Waals surface area contributed by atoms with E-state index in [1.54, 1.807) is 12.1 Å². The molecule has 0 spiro atoms. The van der Waals surface area contributed by atoms with Crippen LogP contribution in [0.15, 0.2) is 24.3 Å². The zero-order valence-electron chi connectivity index (χ0n) is 13.2. The van der Waals surface area contributed by atoms with Crippen LogP contribution in [-0.2, 0) is 6.42 Å². The van der Waals surface area contributed by atoms with Crippen LogP contribution in [0, 0.1) is 17.0 Å². The molecule has 0 aliphatic carbocycles. The number of nitro groups is 1. The number of H-pyrrole nitrogens is 1. The van der Waals surface area contributed by atoms with Crippen molar-refractivity contribution >= 4 is 17.3 Å². The Morgan fingerprint density at radius 1 is 1.43 bits per heavy atom. The third-order valence-corrected chi connectivity index (χ3v) is 3.36. The summed E-state index contributed by atoms with van der Waals surface area (Å²) >= 11 is 0. The Labute approximate surface area is 133 Å². The van der Waals surface area contributed by atoms with Gasteiger partial charge >= 0.3 is 0 Å². The molecule has 8 heteroatoms. The standard InChI is InChI=1S/C15H19N5O3/c1-9(6-12-7-10(2)18-19-12)17-13-5-4-11(15(21)16-3)8-14(13)20(22)23/h4-5,7-9,17H,6H2,1-3H3,(H,16,21)(H,18,19). The van der Waals surface area contributed by atoms with E-state index >= 15 is 0 Å². The van der Waals surface area contributed by atoms with Crippen LogP contribution in [0.1, 0.15) is 28.7 Å². The van der Waals surface area contributed by atoms with E-state index in [2.05, 4.69) is 20.8 Å². The number of carbonyl (C=O) groups excluding carboxylic acids is 1. The number of rotatable bonds is 6. The van der Waals surface area contributed by atoms with Gasteiger partial charge in [-0.1, -0.05) is 0 Å². The van der Waals surface area contributed by atoms with Crippen LogP contribution in [0.4, 0.5) is 11.4 Å². The van der Waals surface area contributed by atoms with E-state index in [0.717, 1.165) is 11.4 Å². The van der Waals surface area contributed by atoms with E-state index in [0.29, 0.717) is 12.1 Å². The lowest BCUT2D eigenvalue weighted by Gasteiger charge is -2.14. The van der Waals surface area contributed by atoms with Crippen LogP contribution < -0.4 is 10.6 Å². The topological polar surface area (TPSA) is 113 Å². The zero-order valence-corrected chi connectivity index (χ0v) is 13.2. The molecule has 23 heavy (non-hydrogen) atoms. The van der Waals surface area contributed by atoms with Gasteiger partial charge in [-0.15, -0.1) is 0 Å². The first kappa shape index (κ1) is 16.5. The summed E-state index contributed by atoms with van der Waals surface area (Å²) in [5.74, 6) is -0.361. The van der Waals surface area contributed by atoms with E-state index in [-0.39, 0.29) is 23.2 Å². The summed E-state index contributed by atoms with van der Waals surface area (Å²) in [7, 11) is 1.48. The van der Waals surface area contributed by atoms with Gasteiger partial charge in [-0.2, -0.15) is 5.10 Å². The molecule has 2 rings (SSSR count). The van der Waals surface area contributed by atoms with Gasteiger partial charge in [-0.3, -0.25) is 20.0 Å². The highest BCUT2D eigenvalue weighted by atomic mass is 16.6. The summed E-state index contributed by atoms with van der Waals surface area (Å²) in [6.07, 6.45) is 0.624. The summed E-state index contributed by atoms with van der Waals surface area (Å²) in [4.78, 5) is 22.3. The number of aromatic amines is 1. The molecule has 122 valence electrons. The molecular formula is C15H19N5O3. The molecule has 0 radical (unpaired) electrons. The second-order valence-corrected chi connectivity index (χ2v) is 5.36. The lowest BCUT2D eigenvalue weighted by Crippen LogP contribution is -2.20. The number of nitro benzene ring substituents is 1. The number of benzene rings is 1. The van der Waals surface area contributed by atoms with Crippen LogP contribution in [0.3, 0.4) is 0 Å². The smallest absolute Gasteiger partial charge is 0.293 e. The fraction of sp³-hybridized carbons (Fsp3) is 0.333. The van der Waals surface area contributed by atoms with Crippen LogP contribution in [-0.4, -0.2) is 34.1 Å². The van der Waals surface area contributed by atoms with Crippen molar-refractivity contribution in [3.8, 4) is 0 Å². The molecule has 8 nitrogen and oxygen atoms in total. The van der Waals surface area contributed by atoms with Gasteiger partial charge in [0.05, 0.1) is 10.6 Å². The minimum absolute atomic E-state index is 0.0535. The first-order valence-electron chi connectivity index (χ1n) is 7.18. The van der Waals surface area contributed by atoms with Crippen LogP contribution in [0.2, 0.25) is 0 Å². The SMILES string of the molecule is CNC(=O)c1ccc(NC(C)Cc2cc(C)[nH]n2)c([N+](=O)[O-])c1. The van der Waals surface area contributed by atoms with E-state index < -0.39 is 4.92 Å². The first-order chi connectivity index (χ1) is 10.9. The summed E-state index contributed by atoms with van der Waals surface area (Å²) in [6, 6.07) is 6.25. The van der Waals surface area contributed by atoms with Gasteiger partial charge in [0.2, 0.25) is 0 Å². The maximum absolute atomic E-state index is 11.6. The van der Waals surface area contributed by atoms with Crippen LogP contribution >= 0.6 is 0 Å². The Balaban J connectivity index is 2.17. The Bertz CT molecular complexity index is 726. The largest absolute Gasteiger partial charge is 0.377 e. The molecule has 1 unspecified atom stereocenters. The van der Waals surface area contributed by atoms with Gasteiger partial charge in [0.25, 0.3) is 11.6 Å². The maximum Gasteiger partial charge on any atom is 0.293 e. The third-order valence-electron chi connectivity index (χ3n) is 3.36. The number of nitrogens with zero attached hydrogens (tertiary/aromatic N) is 2. The number of amides is 1. The summed E-state index contributed by atoms with van der Waals surface area (Å²) in [5.41, 5.74) is 2.35. The highest BCUT2D eigenvalue weighted by Gasteiger charge is 2.18. The van der Waals surface area contributed by atoms with Crippen molar-refractivity contribution in [3.05, 3.63) is 51.3 Å². The molecule has 0 saturated heterocycles. The van der Waals surface area contributed by atoms with E-state index in [9.17, 15) is 14.9 Å². The summed E-state index contributed by atoms with van der Waals surface area (Å²) in [5, 5.41) is 23.8. The number of nitrogens with one attached hydrogen (secondary N) is 3. The van der Waals surface area contributed by atoms with E-state index in [4.69, 9.17) is 0 Å². The molecule has 0 saturated carbocycles. The average molecular weight is 317 g/mol. The monoisotopic (exact) mass is 317 g/mol.